The summed E-state index contributed by atoms with van der Waals surface area (Å²) in [4.78, 5) is 12.6. The predicted molar refractivity (Wildman–Crippen MR) is 111 cm³/mol. The molecule has 0 aromatic heterocycles. The number of allylic oxidation sites excluding steroid dienone is 1. The molecule has 0 fully saturated rings. The van der Waals surface area contributed by atoms with Crippen LogP contribution in [-0.2, 0) is 6.61 Å². The number of halogens is 1. The second kappa shape index (κ2) is 7.90. The van der Waals surface area contributed by atoms with Gasteiger partial charge in [-0.25, -0.2) is 0 Å². The fourth-order valence-electron chi connectivity index (χ4n) is 2.89. The number of benzene rings is 3. The molecule has 28 heavy (non-hydrogen) atoms. The van der Waals surface area contributed by atoms with E-state index in [2.05, 4.69) is 15.9 Å². The molecular formula is C23H17BrO4. The van der Waals surface area contributed by atoms with E-state index in [1.54, 1.807) is 31.4 Å². The van der Waals surface area contributed by atoms with Gasteiger partial charge in [0.05, 0.1) is 12.7 Å². The molecule has 1 aliphatic heterocycles. The van der Waals surface area contributed by atoms with Crippen LogP contribution < -0.4 is 14.2 Å². The minimum atomic E-state index is -0.141. The molecule has 3 aromatic rings. The zero-order valence-corrected chi connectivity index (χ0v) is 16.7. The molecular weight excluding hydrogens is 420 g/mol. The quantitative estimate of drug-likeness (QED) is 0.484. The van der Waals surface area contributed by atoms with Crippen LogP contribution in [0.4, 0.5) is 0 Å². The molecule has 0 unspecified atom stereocenters. The maximum Gasteiger partial charge on any atom is 0.231 e. The average molecular weight is 437 g/mol. The summed E-state index contributed by atoms with van der Waals surface area (Å²) in [6, 6.07) is 20.7. The largest absolute Gasteiger partial charge is 0.497 e. The lowest BCUT2D eigenvalue weighted by Gasteiger charge is -2.07. The Bertz CT molecular complexity index is 1050. The van der Waals surface area contributed by atoms with Crippen LogP contribution in [0.3, 0.4) is 0 Å². The summed E-state index contributed by atoms with van der Waals surface area (Å²) >= 11 is 3.42. The lowest BCUT2D eigenvalue weighted by Crippen LogP contribution is -1.98. The van der Waals surface area contributed by atoms with E-state index in [0.717, 1.165) is 21.3 Å². The van der Waals surface area contributed by atoms with E-state index in [9.17, 15) is 4.79 Å². The summed E-state index contributed by atoms with van der Waals surface area (Å²) in [5.74, 6) is 2.02. The Labute approximate surface area is 171 Å². The average Bonchev–Trinajstić information content (AvgIpc) is 3.02. The van der Waals surface area contributed by atoms with Crippen molar-refractivity contribution < 1.29 is 19.0 Å². The van der Waals surface area contributed by atoms with Crippen LogP contribution in [-0.4, -0.2) is 12.9 Å². The number of methoxy groups -OCH3 is 1. The van der Waals surface area contributed by atoms with Crippen molar-refractivity contribution in [1.29, 1.82) is 0 Å². The van der Waals surface area contributed by atoms with E-state index in [4.69, 9.17) is 14.2 Å². The Kier molecular flexibility index (Phi) is 5.17. The van der Waals surface area contributed by atoms with Crippen LogP contribution in [0.5, 0.6) is 17.2 Å². The van der Waals surface area contributed by atoms with Crippen molar-refractivity contribution in [2.24, 2.45) is 0 Å². The van der Waals surface area contributed by atoms with Crippen molar-refractivity contribution in [3.05, 3.63) is 93.7 Å². The summed E-state index contributed by atoms with van der Waals surface area (Å²) < 4.78 is 17.9. The third-order valence-corrected chi connectivity index (χ3v) is 4.88. The highest BCUT2D eigenvalue weighted by Crippen LogP contribution is 2.35. The van der Waals surface area contributed by atoms with E-state index < -0.39 is 0 Å². The Morgan fingerprint density at radius 2 is 1.82 bits per heavy atom. The molecule has 0 amide bonds. The molecule has 1 aliphatic rings. The molecule has 140 valence electrons. The van der Waals surface area contributed by atoms with Gasteiger partial charge in [0.25, 0.3) is 0 Å². The summed E-state index contributed by atoms with van der Waals surface area (Å²) in [6.07, 6.45) is 1.72. The molecule has 0 atom stereocenters. The number of hydrogen-bond donors (Lipinski definition) is 0. The molecule has 0 bridgehead atoms. The molecule has 3 aromatic carbocycles. The highest BCUT2D eigenvalue weighted by molar-refractivity contribution is 9.10. The SMILES string of the molecule is COc1cccc(/C=C2\Oc3cc(OCc4ccc(Br)cc4)ccc3C2=O)c1. The Balaban J connectivity index is 1.50. The number of carbonyl (C=O) groups is 1. The number of fused-ring (bicyclic) bond motifs is 1. The second-order valence-corrected chi connectivity index (χ2v) is 7.21. The van der Waals surface area contributed by atoms with E-state index in [0.29, 0.717) is 23.7 Å². The molecule has 0 aliphatic carbocycles. The zero-order chi connectivity index (χ0) is 19.5. The smallest absolute Gasteiger partial charge is 0.231 e. The molecule has 4 rings (SSSR count). The monoisotopic (exact) mass is 436 g/mol. The van der Waals surface area contributed by atoms with Gasteiger partial charge in [-0.05, 0) is 53.6 Å². The number of carbonyl (C=O) groups excluding carboxylic acids is 1. The van der Waals surface area contributed by atoms with Gasteiger partial charge in [0.15, 0.2) is 5.76 Å². The number of Topliss-reactive ketones (excluding diaryl/α,β-unsaturated/α-hetero) is 1. The topological polar surface area (TPSA) is 44.8 Å². The van der Waals surface area contributed by atoms with Crippen LogP contribution in [0.25, 0.3) is 6.08 Å². The highest BCUT2D eigenvalue weighted by Gasteiger charge is 2.27. The fourth-order valence-corrected chi connectivity index (χ4v) is 3.15. The molecule has 0 radical (unpaired) electrons. The first-order valence-corrected chi connectivity index (χ1v) is 9.51. The first-order chi connectivity index (χ1) is 13.6. The highest BCUT2D eigenvalue weighted by atomic mass is 79.9. The molecule has 1 heterocycles. The summed E-state index contributed by atoms with van der Waals surface area (Å²) in [5, 5.41) is 0. The van der Waals surface area contributed by atoms with Crippen molar-refractivity contribution in [2.75, 3.05) is 7.11 Å². The lowest BCUT2D eigenvalue weighted by molar-refractivity contribution is 0.101. The molecule has 0 saturated carbocycles. The van der Waals surface area contributed by atoms with Crippen molar-refractivity contribution >= 4 is 27.8 Å². The van der Waals surface area contributed by atoms with Gasteiger partial charge in [0.2, 0.25) is 5.78 Å². The van der Waals surface area contributed by atoms with Crippen LogP contribution in [0.15, 0.2) is 77.0 Å². The number of rotatable bonds is 5. The van der Waals surface area contributed by atoms with Crippen LogP contribution in [0.1, 0.15) is 21.5 Å². The molecule has 0 spiro atoms. The van der Waals surface area contributed by atoms with E-state index in [1.165, 1.54) is 0 Å². The summed E-state index contributed by atoms with van der Waals surface area (Å²) in [7, 11) is 1.61. The van der Waals surface area contributed by atoms with Crippen LogP contribution in [0, 0.1) is 0 Å². The van der Waals surface area contributed by atoms with Gasteiger partial charge >= 0.3 is 0 Å². The van der Waals surface area contributed by atoms with E-state index >= 15 is 0 Å². The minimum absolute atomic E-state index is 0.141. The molecule has 0 saturated heterocycles. The Hall–Kier alpha value is -3.05. The van der Waals surface area contributed by atoms with Gasteiger partial charge in [-0.2, -0.15) is 0 Å². The van der Waals surface area contributed by atoms with Gasteiger partial charge in [0, 0.05) is 10.5 Å². The second-order valence-electron chi connectivity index (χ2n) is 6.29. The fraction of sp³-hybridized carbons (Fsp3) is 0.0870. The van der Waals surface area contributed by atoms with Crippen molar-refractivity contribution in [1.82, 2.24) is 0 Å². The first kappa shape index (κ1) is 18.3. The lowest BCUT2D eigenvalue weighted by atomic mass is 10.1. The van der Waals surface area contributed by atoms with Gasteiger partial charge in [0.1, 0.15) is 23.9 Å². The van der Waals surface area contributed by atoms with Gasteiger partial charge in [-0.3, -0.25) is 4.79 Å². The standard InChI is InChI=1S/C23H17BrO4/c1-26-18-4-2-3-16(11-18)12-22-23(25)20-10-9-19(13-21(20)28-22)27-14-15-5-7-17(24)8-6-15/h2-13H,14H2,1H3/b22-12-. The van der Waals surface area contributed by atoms with Crippen molar-refractivity contribution in [2.45, 2.75) is 6.61 Å². The van der Waals surface area contributed by atoms with Gasteiger partial charge in [-0.15, -0.1) is 0 Å². The van der Waals surface area contributed by atoms with Gasteiger partial charge in [-0.1, -0.05) is 40.2 Å². The van der Waals surface area contributed by atoms with Crippen molar-refractivity contribution in [3.63, 3.8) is 0 Å². The molecule has 4 nitrogen and oxygen atoms in total. The number of hydrogen-bond acceptors (Lipinski definition) is 4. The first-order valence-electron chi connectivity index (χ1n) is 8.72. The normalized spacial score (nSPS) is 13.9. The van der Waals surface area contributed by atoms with E-state index in [1.807, 2.05) is 48.5 Å². The van der Waals surface area contributed by atoms with Crippen LogP contribution in [0.2, 0.25) is 0 Å². The molecule has 0 N–H and O–H groups in total. The minimum Gasteiger partial charge on any atom is -0.497 e. The summed E-state index contributed by atoms with van der Waals surface area (Å²) in [5.41, 5.74) is 2.42. The number of ketones is 1. The third kappa shape index (κ3) is 3.94. The van der Waals surface area contributed by atoms with Crippen molar-refractivity contribution in [3.8, 4) is 17.2 Å². The van der Waals surface area contributed by atoms with E-state index in [-0.39, 0.29) is 11.5 Å². The molecule has 5 heteroatoms. The van der Waals surface area contributed by atoms with Gasteiger partial charge < -0.3 is 14.2 Å². The third-order valence-electron chi connectivity index (χ3n) is 4.35. The Morgan fingerprint density at radius 3 is 2.61 bits per heavy atom. The maximum absolute atomic E-state index is 12.6. The number of ether oxygens (including phenoxy) is 3. The maximum atomic E-state index is 12.6. The predicted octanol–water partition coefficient (Wildman–Crippen LogP) is 5.65. The van der Waals surface area contributed by atoms with Crippen LogP contribution >= 0.6 is 15.9 Å². The Morgan fingerprint density at radius 1 is 1.00 bits per heavy atom. The zero-order valence-electron chi connectivity index (χ0n) is 15.1. The summed E-state index contributed by atoms with van der Waals surface area (Å²) in [6.45, 7) is 0.437.